The minimum atomic E-state index is -0.0533. The molecule has 2 aliphatic carbocycles. The van der Waals surface area contributed by atoms with Crippen molar-refractivity contribution in [3.63, 3.8) is 0 Å². The van der Waals surface area contributed by atoms with Gasteiger partial charge in [0.05, 0.1) is 7.11 Å². The zero-order chi connectivity index (χ0) is 12.1. The highest BCUT2D eigenvalue weighted by atomic mass is 16.5. The zero-order valence-electron chi connectivity index (χ0n) is 10.9. The summed E-state index contributed by atoms with van der Waals surface area (Å²) in [5, 5.41) is 3.57. The number of ether oxygens (including phenoxy) is 1. The van der Waals surface area contributed by atoms with Crippen molar-refractivity contribution in [2.45, 2.75) is 69.9 Å². The molecule has 2 rings (SSSR count). The first-order valence-electron chi connectivity index (χ1n) is 7.15. The normalized spacial score (nSPS) is 24.8. The number of carbonyl (C=O) groups is 1. The van der Waals surface area contributed by atoms with Crippen LogP contribution in [0.3, 0.4) is 0 Å². The second-order valence-corrected chi connectivity index (χ2v) is 5.55. The lowest BCUT2D eigenvalue weighted by Crippen LogP contribution is -2.48. The molecule has 3 heteroatoms. The largest absolute Gasteiger partial charge is 0.468 e. The third-order valence-electron chi connectivity index (χ3n) is 4.35. The van der Waals surface area contributed by atoms with Crippen LogP contribution in [0.1, 0.15) is 57.8 Å². The highest BCUT2D eigenvalue weighted by molar-refractivity contribution is 5.76. The van der Waals surface area contributed by atoms with Crippen LogP contribution in [0, 0.1) is 5.92 Å². The molecule has 0 radical (unpaired) electrons. The van der Waals surface area contributed by atoms with E-state index in [2.05, 4.69) is 5.32 Å². The minimum absolute atomic E-state index is 0.0504. The van der Waals surface area contributed by atoms with Gasteiger partial charge in [0, 0.05) is 6.04 Å². The maximum absolute atomic E-state index is 11.9. The van der Waals surface area contributed by atoms with E-state index < -0.39 is 0 Å². The van der Waals surface area contributed by atoms with Crippen LogP contribution < -0.4 is 5.32 Å². The fourth-order valence-electron chi connectivity index (χ4n) is 3.34. The van der Waals surface area contributed by atoms with Gasteiger partial charge in [-0.3, -0.25) is 4.79 Å². The van der Waals surface area contributed by atoms with E-state index in [1.54, 1.807) is 0 Å². The number of methoxy groups -OCH3 is 1. The lowest BCUT2D eigenvalue weighted by molar-refractivity contribution is -0.145. The number of hydrogen-bond donors (Lipinski definition) is 1. The highest BCUT2D eigenvalue weighted by Crippen LogP contribution is 2.29. The van der Waals surface area contributed by atoms with E-state index in [1.807, 2.05) is 0 Å². The van der Waals surface area contributed by atoms with Gasteiger partial charge in [-0.05, 0) is 31.6 Å². The van der Waals surface area contributed by atoms with Gasteiger partial charge in [-0.25, -0.2) is 0 Å². The Labute approximate surface area is 104 Å². The number of nitrogens with one attached hydrogen (secondary N) is 1. The third-order valence-corrected chi connectivity index (χ3v) is 4.35. The highest BCUT2D eigenvalue weighted by Gasteiger charge is 2.33. The van der Waals surface area contributed by atoms with E-state index in [-0.39, 0.29) is 12.0 Å². The molecular weight excluding hydrogens is 214 g/mol. The fraction of sp³-hybridized carbons (Fsp3) is 0.929. The first kappa shape index (κ1) is 12.9. The van der Waals surface area contributed by atoms with Crippen molar-refractivity contribution in [1.29, 1.82) is 0 Å². The summed E-state index contributed by atoms with van der Waals surface area (Å²) in [5.41, 5.74) is 0. The van der Waals surface area contributed by atoms with Gasteiger partial charge < -0.3 is 10.1 Å². The Balaban J connectivity index is 1.91. The summed E-state index contributed by atoms with van der Waals surface area (Å²) in [6.45, 7) is 0. The summed E-state index contributed by atoms with van der Waals surface area (Å²) < 4.78 is 4.96. The van der Waals surface area contributed by atoms with E-state index in [0.717, 1.165) is 0 Å². The summed E-state index contributed by atoms with van der Waals surface area (Å²) >= 11 is 0. The number of carbonyl (C=O) groups excluding carboxylic acids is 1. The molecule has 0 amide bonds. The Hall–Kier alpha value is -0.570. The molecule has 0 spiro atoms. The summed E-state index contributed by atoms with van der Waals surface area (Å²) in [6.07, 6.45) is 11.3. The standard InChI is InChI=1S/C14H25NO2/c1-17-14(16)13(11-7-5-6-8-11)15-12-9-3-2-4-10-12/h11-13,15H,2-10H2,1H3. The van der Waals surface area contributed by atoms with Crippen molar-refractivity contribution in [1.82, 2.24) is 5.32 Å². The second kappa shape index (κ2) is 6.39. The molecule has 1 atom stereocenters. The molecule has 2 fully saturated rings. The Morgan fingerprint density at radius 1 is 1.06 bits per heavy atom. The van der Waals surface area contributed by atoms with Crippen molar-refractivity contribution in [2.75, 3.05) is 7.11 Å². The molecule has 17 heavy (non-hydrogen) atoms. The van der Waals surface area contributed by atoms with Gasteiger partial charge in [0.2, 0.25) is 0 Å². The fourth-order valence-corrected chi connectivity index (χ4v) is 3.34. The summed E-state index contributed by atoms with van der Waals surface area (Å²) in [7, 11) is 1.51. The Morgan fingerprint density at radius 2 is 1.65 bits per heavy atom. The number of rotatable bonds is 4. The van der Waals surface area contributed by atoms with Crippen molar-refractivity contribution >= 4 is 5.97 Å². The predicted octanol–water partition coefficient (Wildman–Crippen LogP) is 2.64. The summed E-state index contributed by atoms with van der Waals surface area (Å²) in [4.78, 5) is 11.9. The molecule has 0 saturated heterocycles. The average molecular weight is 239 g/mol. The minimum Gasteiger partial charge on any atom is -0.468 e. The van der Waals surface area contributed by atoms with Crippen molar-refractivity contribution < 1.29 is 9.53 Å². The molecule has 0 aromatic carbocycles. The lowest BCUT2D eigenvalue weighted by Gasteiger charge is -2.30. The SMILES string of the molecule is COC(=O)C(NC1CCCCC1)C1CCCC1. The van der Waals surface area contributed by atoms with Gasteiger partial charge in [-0.1, -0.05) is 32.1 Å². The zero-order valence-corrected chi connectivity index (χ0v) is 10.9. The first-order chi connectivity index (χ1) is 8.31. The molecule has 98 valence electrons. The molecule has 0 heterocycles. The van der Waals surface area contributed by atoms with E-state index in [0.29, 0.717) is 12.0 Å². The molecule has 0 bridgehead atoms. The van der Waals surface area contributed by atoms with Crippen LogP contribution >= 0.6 is 0 Å². The molecular formula is C14H25NO2. The van der Waals surface area contributed by atoms with E-state index in [9.17, 15) is 4.79 Å². The Kier molecular flexibility index (Phi) is 4.84. The predicted molar refractivity (Wildman–Crippen MR) is 67.8 cm³/mol. The number of hydrogen-bond acceptors (Lipinski definition) is 3. The monoisotopic (exact) mass is 239 g/mol. The summed E-state index contributed by atoms with van der Waals surface area (Å²) in [6, 6.07) is 0.485. The van der Waals surface area contributed by atoms with Gasteiger partial charge >= 0.3 is 5.97 Å². The maximum Gasteiger partial charge on any atom is 0.323 e. The molecule has 3 nitrogen and oxygen atoms in total. The topological polar surface area (TPSA) is 38.3 Å². The van der Waals surface area contributed by atoms with Crippen molar-refractivity contribution in [3.05, 3.63) is 0 Å². The van der Waals surface area contributed by atoms with E-state index in [1.165, 1.54) is 64.9 Å². The first-order valence-corrected chi connectivity index (χ1v) is 7.15. The molecule has 1 N–H and O–H groups in total. The quantitative estimate of drug-likeness (QED) is 0.766. The smallest absolute Gasteiger partial charge is 0.323 e. The van der Waals surface area contributed by atoms with Crippen LogP contribution in [0.2, 0.25) is 0 Å². The van der Waals surface area contributed by atoms with Crippen LogP contribution in [-0.4, -0.2) is 25.2 Å². The Morgan fingerprint density at radius 3 is 2.24 bits per heavy atom. The van der Waals surface area contributed by atoms with Crippen molar-refractivity contribution in [2.24, 2.45) is 5.92 Å². The molecule has 1 unspecified atom stereocenters. The van der Waals surface area contributed by atoms with Crippen molar-refractivity contribution in [3.8, 4) is 0 Å². The number of esters is 1. The molecule has 2 aliphatic rings. The van der Waals surface area contributed by atoms with Gasteiger partial charge in [0.25, 0.3) is 0 Å². The van der Waals surface area contributed by atoms with Gasteiger partial charge in [0.15, 0.2) is 0 Å². The van der Waals surface area contributed by atoms with Gasteiger partial charge in [0.1, 0.15) is 6.04 Å². The van der Waals surface area contributed by atoms with Crippen LogP contribution in [0.15, 0.2) is 0 Å². The van der Waals surface area contributed by atoms with Crippen LogP contribution in [0.25, 0.3) is 0 Å². The van der Waals surface area contributed by atoms with Crippen LogP contribution in [0.4, 0.5) is 0 Å². The lowest BCUT2D eigenvalue weighted by atomic mass is 9.92. The molecule has 2 saturated carbocycles. The van der Waals surface area contributed by atoms with Gasteiger partial charge in [-0.15, -0.1) is 0 Å². The molecule has 0 aromatic rings. The second-order valence-electron chi connectivity index (χ2n) is 5.55. The average Bonchev–Trinajstić information content (AvgIpc) is 2.90. The third kappa shape index (κ3) is 3.44. The molecule has 0 aromatic heterocycles. The maximum atomic E-state index is 11.9. The van der Waals surface area contributed by atoms with Crippen LogP contribution in [-0.2, 0) is 9.53 Å². The van der Waals surface area contributed by atoms with E-state index >= 15 is 0 Å². The molecule has 0 aliphatic heterocycles. The Bertz CT molecular complexity index is 243. The summed E-state index contributed by atoms with van der Waals surface area (Å²) in [5.74, 6) is 0.451. The van der Waals surface area contributed by atoms with Gasteiger partial charge in [-0.2, -0.15) is 0 Å². The van der Waals surface area contributed by atoms with E-state index in [4.69, 9.17) is 4.74 Å². The van der Waals surface area contributed by atoms with Crippen LogP contribution in [0.5, 0.6) is 0 Å².